The van der Waals surface area contributed by atoms with Gasteiger partial charge in [-0.15, -0.1) is 0 Å². The minimum absolute atomic E-state index is 0.115. The van der Waals surface area contributed by atoms with Gasteiger partial charge in [0.2, 0.25) is 15.9 Å². The molecular weight excluding hydrogens is 344 g/mol. The number of piperidine rings is 1. The molecule has 1 aromatic carbocycles. The maximum atomic E-state index is 12.6. The summed E-state index contributed by atoms with van der Waals surface area (Å²) in [6, 6.07) is 5.43. The van der Waals surface area contributed by atoms with E-state index >= 15 is 0 Å². The van der Waals surface area contributed by atoms with E-state index in [0.29, 0.717) is 44.1 Å². The Kier molecular flexibility index (Phi) is 5.19. The van der Waals surface area contributed by atoms with Crippen molar-refractivity contribution in [3.63, 3.8) is 0 Å². The number of sulfonamides is 1. The third-order valence-corrected chi connectivity index (χ3v) is 5.92. The summed E-state index contributed by atoms with van der Waals surface area (Å²) in [5.74, 6) is 0.967. The summed E-state index contributed by atoms with van der Waals surface area (Å²) in [6.07, 6.45) is 2.58. The maximum Gasteiger partial charge on any atom is 0.224 e. The predicted octanol–water partition coefficient (Wildman–Crippen LogP) is 1.31. The Balaban J connectivity index is 1.64. The molecule has 0 aromatic heterocycles. The summed E-state index contributed by atoms with van der Waals surface area (Å²) in [5.41, 5.74) is 0.924. The van der Waals surface area contributed by atoms with E-state index in [4.69, 9.17) is 9.47 Å². The van der Waals surface area contributed by atoms with Crippen molar-refractivity contribution in [2.24, 2.45) is 5.92 Å². The van der Waals surface area contributed by atoms with Crippen LogP contribution in [0.4, 0.5) is 0 Å². The molecule has 2 aliphatic heterocycles. The molecule has 138 valence electrons. The lowest BCUT2D eigenvalue weighted by atomic mass is 9.97. The summed E-state index contributed by atoms with van der Waals surface area (Å²) >= 11 is 0. The van der Waals surface area contributed by atoms with Crippen molar-refractivity contribution < 1.29 is 22.7 Å². The number of hydrogen-bond acceptors (Lipinski definition) is 5. The largest absolute Gasteiger partial charge is 0.486 e. The van der Waals surface area contributed by atoms with E-state index < -0.39 is 10.0 Å². The average molecular weight is 368 g/mol. The molecule has 2 aliphatic rings. The number of carbonyl (C=O) groups excluding carboxylic acids is 1. The second-order valence-corrected chi connectivity index (χ2v) is 8.58. The van der Waals surface area contributed by atoms with Gasteiger partial charge < -0.3 is 14.8 Å². The van der Waals surface area contributed by atoms with Gasteiger partial charge in [-0.2, -0.15) is 0 Å². The van der Waals surface area contributed by atoms with Crippen LogP contribution in [0, 0.1) is 5.92 Å². The molecule has 3 rings (SSSR count). The lowest BCUT2D eigenvalue weighted by molar-refractivity contribution is -0.126. The Morgan fingerprint density at radius 2 is 2.00 bits per heavy atom. The van der Waals surface area contributed by atoms with Crippen LogP contribution in [-0.2, 0) is 14.8 Å². The predicted molar refractivity (Wildman–Crippen MR) is 93.1 cm³/mol. The number of ether oxygens (including phenoxy) is 2. The lowest BCUT2D eigenvalue weighted by Crippen LogP contribution is -2.45. The molecule has 0 aliphatic carbocycles. The first-order valence-electron chi connectivity index (χ1n) is 8.49. The smallest absolute Gasteiger partial charge is 0.224 e. The summed E-state index contributed by atoms with van der Waals surface area (Å²) in [5, 5.41) is 2.99. The van der Waals surface area contributed by atoms with Crippen molar-refractivity contribution >= 4 is 15.9 Å². The third-order valence-electron chi connectivity index (χ3n) is 4.65. The molecule has 1 saturated heterocycles. The third kappa shape index (κ3) is 4.24. The molecule has 2 atom stereocenters. The first kappa shape index (κ1) is 18.0. The summed E-state index contributed by atoms with van der Waals surface area (Å²) in [6.45, 7) is 3.69. The van der Waals surface area contributed by atoms with Crippen molar-refractivity contribution in [1.82, 2.24) is 9.62 Å². The van der Waals surface area contributed by atoms with Gasteiger partial charge in [0.05, 0.1) is 18.2 Å². The molecule has 1 amide bonds. The molecule has 1 aromatic rings. The number of benzene rings is 1. The van der Waals surface area contributed by atoms with Crippen molar-refractivity contribution in [2.45, 2.75) is 25.8 Å². The van der Waals surface area contributed by atoms with Crippen molar-refractivity contribution in [2.75, 3.05) is 32.6 Å². The molecule has 1 fully saturated rings. The SMILES string of the molecule is C[C@@H](NC(=O)[C@@H]1CCCN(S(C)(=O)=O)C1)c1ccc2c(c1)OCCO2. The zero-order chi connectivity index (χ0) is 18.0. The summed E-state index contributed by atoms with van der Waals surface area (Å²) in [7, 11) is -3.26. The highest BCUT2D eigenvalue weighted by Crippen LogP contribution is 2.32. The van der Waals surface area contributed by atoms with Gasteiger partial charge >= 0.3 is 0 Å². The van der Waals surface area contributed by atoms with Gasteiger partial charge in [0, 0.05) is 13.1 Å². The zero-order valence-electron chi connectivity index (χ0n) is 14.5. The highest BCUT2D eigenvalue weighted by molar-refractivity contribution is 7.88. The van der Waals surface area contributed by atoms with Crippen molar-refractivity contribution in [1.29, 1.82) is 0 Å². The molecule has 0 saturated carbocycles. The van der Waals surface area contributed by atoms with Gasteiger partial charge in [0.1, 0.15) is 13.2 Å². The van der Waals surface area contributed by atoms with E-state index in [-0.39, 0.29) is 24.4 Å². The van der Waals surface area contributed by atoms with Gasteiger partial charge in [-0.25, -0.2) is 12.7 Å². The molecular formula is C17H24N2O5S. The minimum Gasteiger partial charge on any atom is -0.486 e. The van der Waals surface area contributed by atoms with Crippen LogP contribution in [0.3, 0.4) is 0 Å². The van der Waals surface area contributed by atoms with Crippen LogP contribution in [-0.4, -0.2) is 51.2 Å². The van der Waals surface area contributed by atoms with E-state index in [0.717, 1.165) is 5.56 Å². The van der Waals surface area contributed by atoms with Crippen LogP contribution < -0.4 is 14.8 Å². The van der Waals surface area contributed by atoms with Crippen LogP contribution in [0.15, 0.2) is 18.2 Å². The van der Waals surface area contributed by atoms with Gasteiger partial charge in [0.25, 0.3) is 0 Å². The fraction of sp³-hybridized carbons (Fsp3) is 0.588. The first-order valence-corrected chi connectivity index (χ1v) is 10.3. The topological polar surface area (TPSA) is 84.9 Å². The molecule has 2 heterocycles. The van der Waals surface area contributed by atoms with E-state index in [9.17, 15) is 13.2 Å². The summed E-state index contributed by atoms with van der Waals surface area (Å²) < 4.78 is 35.9. The number of rotatable bonds is 4. The standard InChI is InChI=1S/C17H24N2O5S/c1-12(13-5-6-15-16(10-13)24-9-8-23-15)18-17(20)14-4-3-7-19(11-14)25(2,21)22/h5-6,10,12,14H,3-4,7-9,11H2,1-2H3,(H,18,20)/t12-,14-/m1/s1. The van der Waals surface area contributed by atoms with E-state index in [1.807, 2.05) is 25.1 Å². The van der Waals surface area contributed by atoms with E-state index in [1.165, 1.54) is 10.6 Å². The fourth-order valence-electron chi connectivity index (χ4n) is 3.20. The Labute approximate surface area is 148 Å². The molecule has 1 N–H and O–H groups in total. The van der Waals surface area contributed by atoms with Crippen LogP contribution in [0.2, 0.25) is 0 Å². The minimum atomic E-state index is -3.26. The van der Waals surface area contributed by atoms with Gasteiger partial charge in [-0.05, 0) is 37.5 Å². The number of nitrogens with one attached hydrogen (secondary N) is 1. The van der Waals surface area contributed by atoms with Crippen LogP contribution >= 0.6 is 0 Å². The molecule has 0 spiro atoms. The second-order valence-electron chi connectivity index (χ2n) is 6.59. The number of amides is 1. The molecule has 25 heavy (non-hydrogen) atoms. The Bertz CT molecular complexity index is 749. The van der Waals surface area contributed by atoms with E-state index in [2.05, 4.69) is 5.32 Å². The van der Waals surface area contributed by atoms with Crippen molar-refractivity contribution in [3.05, 3.63) is 23.8 Å². The maximum absolute atomic E-state index is 12.6. The van der Waals surface area contributed by atoms with Crippen LogP contribution in [0.25, 0.3) is 0 Å². The van der Waals surface area contributed by atoms with Gasteiger partial charge in [-0.1, -0.05) is 6.07 Å². The van der Waals surface area contributed by atoms with Crippen molar-refractivity contribution in [3.8, 4) is 11.5 Å². The molecule has 0 radical (unpaired) electrons. The highest BCUT2D eigenvalue weighted by atomic mass is 32.2. The number of hydrogen-bond donors (Lipinski definition) is 1. The Morgan fingerprint density at radius 3 is 2.72 bits per heavy atom. The zero-order valence-corrected chi connectivity index (χ0v) is 15.3. The Hall–Kier alpha value is -1.80. The molecule has 0 bridgehead atoms. The monoisotopic (exact) mass is 368 g/mol. The molecule has 0 unspecified atom stereocenters. The van der Waals surface area contributed by atoms with Gasteiger partial charge in [-0.3, -0.25) is 4.79 Å². The quantitative estimate of drug-likeness (QED) is 0.866. The lowest BCUT2D eigenvalue weighted by Gasteiger charge is -2.31. The summed E-state index contributed by atoms with van der Waals surface area (Å²) in [4.78, 5) is 12.6. The van der Waals surface area contributed by atoms with E-state index in [1.54, 1.807) is 0 Å². The normalized spacial score (nSPS) is 22.2. The van der Waals surface area contributed by atoms with Crippen LogP contribution in [0.5, 0.6) is 11.5 Å². The second kappa shape index (κ2) is 7.21. The fourth-order valence-corrected chi connectivity index (χ4v) is 4.11. The Morgan fingerprint density at radius 1 is 1.28 bits per heavy atom. The average Bonchev–Trinajstić information content (AvgIpc) is 2.60. The highest BCUT2D eigenvalue weighted by Gasteiger charge is 2.30. The first-order chi connectivity index (χ1) is 11.8. The van der Waals surface area contributed by atoms with Crippen LogP contribution in [0.1, 0.15) is 31.4 Å². The number of nitrogens with zero attached hydrogens (tertiary/aromatic N) is 1. The number of fused-ring (bicyclic) bond motifs is 1. The van der Waals surface area contributed by atoms with Gasteiger partial charge in [0.15, 0.2) is 11.5 Å². The molecule has 7 nitrogen and oxygen atoms in total. The number of carbonyl (C=O) groups is 1. The molecule has 8 heteroatoms.